The summed E-state index contributed by atoms with van der Waals surface area (Å²) < 4.78 is 10.4. The molecule has 0 fully saturated rings. The van der Waals surface area contributed by atoms with Gasteiger partial charge in [-0.1, -0.05) is 25.7 Å². The average molecular weight is 447 g/mol. The summed E-state index contributed by atoms with van der Waals surface area (Å²) in [5.41, 5.74) is 1.19. The molecule has 178 valence electrons. The second kappa shape index (κ2) is 15.9. The van der Waals surface area contributed by atoms with Crippen LogP contribution in [0.2, 0.25) is 0 Å². The van der Waals surface area contributed by atoms with E-state index in [2.05, 4.69) is 35.5 Å². The van der Waals surface area contributed by atoms with Gasteiger partial charge in [0.2, 0.25) is 0 Å². The van der Waals surface area contributed by atoms with Gasteiger partial charge < -0.3 is 19.5 Å². The Morgan fingerprint density at radius 3 is 2.53 bits per heavy atom. The van der Waals surface area contributed by atoms with Gasteiger partial charge in [-0.25, -0.2) is 4.79 Å². The first-order valence-electron chi connectivity index (χ1n) is 11.2. The fourth-order valence-electron chi connectivity index (χ4n) is 3.36. The predicted octanol–water partition coefficient (Wildman–Crippen LogP) is 4.21. The summed E-state index contributed by atoms with van der Waals surface area (Å²) in [4.78, 5) is 26.2. The Bertz CT molecular complexity index is 718. The Hall–Kier alpha value is -2.80. The minimum Gasteiger partial charge on any atom is -0.499 e. The van der Waals surface area contributed by atoms with Crippen molar-refractivity contribution in [1.29, 1.82) is 0 Å². The molecule has 0 saturated carbocycles. The smallest absolute Gasteiger partial charge is 0.335 e. The quantitative estimate of drug-likeness (QED) is 0.206. The topological polar surface area (TPSA) is 79.3 Å². The predicted molar refractivity (Wildman–Crippen MR) is 128 cm³/mol. The first-order valence-corrected chi connectivity index (χ1v) is 11.2. The lowest BCUT2D eigenvalue weighted by molar-refractivity contribution is -0.129. The number of carbonyl (C=O) groups is 2. The van der Waals surface area contributed by atoms with Crippen LogP contribution in [-0.2, 0) is 14.3 Å². The fraction of sp³-hybridized carbons (Fsp3) is 0.520. The van der Waals surface area contributed by atoms with Gasteiger partial charge in [-0.2, -0.15) is 0 Å². The largest absolute Gasteiger partial charge is 0.499 e. The van der Waals surface area contributed by atoms with Crippen molar-refractivity contribution in [2.24, 2.45) is 5.92 Å². The van der Waals surface area contributed by atoms with E-state index in [0.717, 1.165) is 50.3 Å². The van der Waals surface area contributed by atoms with Gasteiger partial charge in [0.1, 0.15) is 0 Å². The summed E-state index contributed by atoms with van der Waals surface area (Å²) in [7, 11) is 1.96. The van der Waals surface area contributed by atoms with Crippen molar-refractivity contribution in [3.8, 4) is 0 Å². The van der Waals surface area contributed by atoms with Gasteiger partial charge in [0.15, 0.2) is 0 Å². The van der Waals surface area contributed by atoms with Gasteiger partial charge in [-0.05, 0) is 57.1 Å². The van der Waals surface area contributed by atoms with Crippen LogP contribution >= 0.6 is 0 Å². The van der Waals surface area contributed by atoms with Crippen molar-refractivity contribution in [3.63, 3.8) is 0 Å². The Labute approximate surface area is 192 Å². The van der Waals surface area contributed by atoms with Crippen molar-refractivity contribution in [3.05, 3.63) is 54.3 Å². The van der Waals surface area contributed by atoms with Gasteiger partial charge in [0.05, 0.1) is 24.5 Å². The van der Waals surface area contributed by atoms with Crippen LogP contribution in [0.5, 0.6) is 0 Å². The number of carbonyl (C=O) groups excluding carboxylic acids is 1. The van der Waals surface area contributed by atoms with Crippen LogP contribution in [0.1, 0.15) is 43.5 Å². The van der Waals surface area contributed by atoms with E-state index < -0.39 is 5.97 Å². The number of hydrogen-bond acceptors (Lipinski definition) is 6. The number of ether oxygens (including phenoxy) is 2. The molecule has 0 radical (unpaired) electrons. The van der Waals surface area contributed by atoms with Crippen molar-refractivity contribution in [2.45, 2.75) is 33.1 Å². The number of likely N-dealkylation sites (N-methyl/N-ethyl adjacent to an activating group) is 1. The zero-order chi connectivity index (χ0) is 23.8. The number of carboxylic acid groups (broad SMARTS) is 1. The summed E-state index contributed by atoms with van der Waals surface area (Å²) in [5.74, 6) is 0.0468. The van der Waals surface area contributed by atoms with Crippen molar-refractivity contribution < 1.29 is 24.2 Å². The number of carboxylic acids is 1. The van der Waals surface area contributed by atoms with Crippen LogP contribution in [0.4, 0.5) is 5.69 Å². The Morgan fingerprint density at radius 1 is 1.22 bits per heavy atom. The molecular formula is C25H38N2O5. The van der Waals surface area contributed by atoms with Crippen LogP contribution in [0.3, 0.4) is 0 Å². The number of nitrogens with zero attached hydrogens (tertiary/aromatic N) is 2. The average Bonchev–Trinajstić information content (AvgIpc) is 2.79. The molecule has 1 unspecified atom stereocenters. The molecule has 0 amide bonds. The highest BCUT2D eigenvalue weighted by molar-refractivity contribution is 5.88. The molecule has 32 heavy (non-hydrogen) atoms. The molecule has 0 aliphatic carbocycles. The molecule has 7 heteroatoms. The normalized spacial score (nSPS) is 12.0. The van der Waals surface area contributed by atoms with Gasteiger partial charge in [0.25, 0.3) is 6.47 Å². The lowest BCUT2D eigenvalue weighted by Gasteiger charge is -2.27. The van der Waals surface area contributed by atoms with Crippen molar-refractivity contribution in [1.82, 2.24) is 4.90 Å². The van der Waals surface area contributed by atoms with Gasteiger partial charge >= 0.3 is 5.97 Å². The summed E-state index contributed by atoms with van der Waals surface area (Å²) in [6, 6.07) is 6.79. The Morgan fingerprint density at radius 2 is 1.94 bits per heavy atom. The van der Waals surface area contributed by atoms with Gasteiger partial charge in [-0.3, -0.25) is 9.69 Å². The third kappa shape index (κ3) is 11.0. The molecule has 1 N–H and O–H groups in total. The van der Waals surface area contributed by atoms with Crippen molar-refractivity contribution >= 4 is 18.1 Å². The summed E-state index contributed by atoms with van der Waals surface area (Å²) in [6.45, 7) is 12.9. The molecule has 1 atom stereocenters. The first-order chi connectivity index (χ1) is 15.4. The molecule has 0 bridgehead atoms. The van der Waals surface area contributed by atoms with E-state index in [0.29, 0.717) is 26.2 Å². The van der Waals surface area contributed by atoms with E-state index in [1.165, 1.54) is 0 Å². The molecule has 0 aromatic heterocycles. The lowest BCUT2D eigenvalue weighted by Crippen LogP contribution is -2.32. The number of benzene rings is 1. The maximum atomic E-state index is 11.0. The molecule has 0 heterocycles. The number of anilines is 1. The number of hydrogen-bond donors (Lipinski definition) is 1. The van der Waals surface area contributed by atoms with Crippen LogP contribution in [0, 0.1) is 5.92 Å². The summed E-state index contributed by atoms with van der Waals surface area (Å²) in [5, 5.41) is 9.06. The van der Waals surface area contributed by atoms with E-state index >= 15 is 0 Å². The van der Waals surface area contributed by atoms with Crippen LogP contribution in [0.15, 0.2) is 48.8 Å². The van der Waals surface area contributed by atoms with Crippen LogP contribution in [-0.4, -0.2) is 68.9 Å². The summed E-state index contributed by atoms with van der Waals surface area (Å²) in [6.07, 6.45) is 6.97. The molecule has 0 saturated heterocycles. The van der Waals surface area contributed by atoms with Crippen molar-refractivity contribution in [2.75, 3.05) is 51.3 Å². The second-order valence-electron chi connectivity index (χ2n) is 7.69. The number of allylic oxidation sites excluding steroid dienone is 2. The standard InChI is InChI=1S/C25H38N2O5/c1-5-27(16-9-7-8-10-21(3)32-6-2)17-15-22(19-31-20-28)18-26(4)24-13-11-23(12-14-24)25(29)30/h7,9,11-14,20,22H,3,5-6,8,10,15-19H2,1-2,4H3,(H,29,30)/b9-7+. The lowest BCUT2D eigenvalue weighted by atomic mass is 10.0. The minimum atomic E-state index is -0.940. The summed E-state index contributed by atoms with van der Waals surface area (Å²) >= 11 is 0. The van der Waals surface area contributed by atoms with E-state index in [1.54, 1.807) is 24.3 Å². The van der Waals surface area contributed by atoms with Gasteiger partial charge in [-0.15, -0.1) is 0 Å². The number of rotatable bonds is 18. The monoisotopic (exact) mass is 446 g/mol. The third-order valence-electron chi connectivity index (χ3n) is 5.26. The highest BCUT2D eigenvalue weighted by atomic mass is 16.5. The molecule has 1 aromatic rings. The first kappa shape index (κ1) is 27.2. The number of aromatic carboxylic acids is 1. The molecule has 1 rings (SSSR count). The molecule has 0 aliphatic rings. The van der Waals surface area contributed by atoms with E-state index in [9.17, 15) is 9.59 Å². The van der Waals surface area contributed by atoms with Crippen LogP contribution < -0.4 is 4.90 Å². The molecule has 0 spiro atoms. The minimum absolute atomic E-state index is 0.164. The van der Waals surface area contributed by atoms with Crippen LogP contribution in [0.25, 0.3) is 0 Å². The van der Waals surface area contributed by atoms with E-state index in [1.807, 2.05) is 14.0 Å². The zero-order valence-electron chi connectivity index (χ0n) is 19.7. The van der Waals surface area contributed by atoms with E-state index in [4.69, 9.17) is 14.6 Å². The highest BCUT2D eigenvalue weighted by Gasteiger charge is 2.15. The SMILES string of the molecule is C=C(CC/C=C/CN(CC)CCC(COC=O)CN(C)c1ccc(C(=O)O)cc1)OCC. The fourth-order valence-corrected chi connectivity index (χ4v) is 3.36. The maximum Gasteiger partial charge on any atom is 0.335 e. The molecular weight excluding hydrogens is 408 g/mol. The van der Waals surface area contributed by atoms with Gasteiger partial charge in [0, 0.05) is 38.2 Å². The molecule has 0 aliphatic heterocycles. The Balaban J connectivity index is 2.54. The zero-order valence-corrected chi connectivity index (χ0v) is 19.7. The molecule has 7 nitrogen and oxygen atoms in total. The maximum absolute atomic E-state index is 11.0. The molecule has 1 aromatic carbocycles. The Kier molecular flexibility index (Phi) is 13.5. The second-order valence-corrected chi connectivity index (χ2v) is 7.69. The highest BCUT2D eigenvalue weighted by Crippen LogP contribution is 2.17. The van der Waals surface area contributed by atoms with E-state index in [-0.39, 0.29) is 11.5 Å². The third-order valence-corrected chi connectivity index (χ3v) is 5.26.